The molecule has 1 N–H and O–H groups in total. The van der Waals surface area contributed by atoms with Gasteiger partial charge in [-0.15, -0.1) is 0 Å². The van der Waals surface area contributed by atoms with E-state index < -0.39 is 6.09 Å². The Balaban J connectivity index is 1.62. The number of ether oxygens (including phenoxy) is 1. The molecule has 6 heteroatoms. The smallest absolute Gasteiger partial charge is 0.410 e. The van der Waals surface area contributed by atoms with E-state index in [0.717, 1.165) is 16.6 Å². The number of hydrogen-bond acceptors (Lipinski definition) is 4. The number of anilines is 1. The minimum Gasteiger partial charge on any atom is -0.410 e. The Hall–Kier alpha value is -3.67. The molecule has 6 nitrogen and oxygen atoms in total. The van der Waals surface area contributed by atoms with E-state index in [-0.39, 0.29) is 0 Å². The second-order valence-corrected chi connectivity index (χ2v) is 5.77. The maximum absolute atomic E-state index is 12.2. The first kappa shape index (κ1) is 15.8. The van der Waals surface area contributed by atoms with Crippen LogP contribution in [0.4, 0.5) is 10.6 Å². The number of rotatable bonds is 3. The van der Waals surface area contributed by atoms with E-state index in [4.69, 9.17) is 4.74 Å². The highest BCUT2D eigenvalue weighted by atomic mass is 16.6. The van der Waals surface area contributed by atoms with Crippen molar-refractivity contribution in [3.63, 3.8) is 0 Å². The molecule has 26 heavy (non-hydrogen) atoms. The molecule has 2 aromatic heterocycles. The highest BCUT2D eigenvalue weighted by Gasteiger charge is 2.13. The van der Waals surface area contributed by atoms with E-state index in [1.54, 1.807) is 35.0 Å². The van der Waals surface area contributed by atoms with Gasteiger partial charge in [-0.25, -0.2) is 9.78 Å². The van der Waals surface area contributed by atoms with Gasteiger partial charge in [-0.05, 0) is 37.3 Å². The first-order chi connectivity index (χ1) is 12.7. The predicted octanol–water partition coefficient (Wildman–Crippen LogP) is 4.34. The van der Waals surface area contributed by atoms with Crippen molar-refractivity contribution < 1.29 is 9.53 Å². The normalized spacial score (nSPS) is 10.7. The molecule has 0 aliphatic heterocycles. The van der Waals surface area contributed by atoms with Gasteiger partial charge in [-0.1, -0.05) is 36.4 Å². The third kappa shape index (κ3) is 3.25. The molecule has 0 saturated carbocycles. The van der Waals surface area contributed by atoms with Gasteiger partial charge in [-0.3, -0.25) is 5.32 Å². The van der Waals surface area contributed by atoms with Crippen LogP contribution in [-0.4, -0.2) is 20.9 Å². The average molecular weight is 344 g/mol. The maximum Gasteiger partial charge on any atom is 0.418 e. The summed E-state index contributed by atoms with van der Waals surface area (Å²) in [5.74, 6) is 1.58. The van der Waals surface area contributed by atoms with Crippen molar-refractivity contribution in [3.8, 4) is 11.6 Å². The molecule has 0 radical (unpaired) electrons. The van der Waals surface area contributed by atoms with Gasteiger partial charge in [-0.2, -0.15) is 9.78 Å². The largest absolute Gasteiger partial charge is 0.418 e. The lowest BCUT2D eigenvalue weighted by atomic mass is 10.2. The van der Waals surface area contributed by atoms with E-state index >= 15 is 0 Å². The van der Waals surface area contributed by atoms with Crippen molar-refractivity contribution in [2.45, 2.75) is 6.92 Å². The van der Waals surface area contributed by atoms with Crippen LogP contribution in [0.25, 0.3) is 16.7 Å². The summed E-state index contributed by atoms with van der Waals surface area (Å²) in [6.07, 6.45) is -0.585. The van der Waals surface area contributed by atoms with Crippen LogP contribution in [-0.2, 0) is 0 Å². The molecular formula is C20H16N4O2. The first-order valence-electron chi connectivity index (χ1n) is 8.16. The Kier molecular flexibility index (Phi) is 4.07. The number of fused-ring (bicyclic) bond motifs is 1. The van der Waals surface area contributed by atoms with Crippen molar-refractivity contribution in [1.82, 2.24) is 14.8 Å². The maximum atomic E-state index is 12.2. The number of pyridine rings is 1. The number of para-hydroxylation sites is 2. The summed E-state index contributed by atoms with van der Waals surface area (Å²) in [5, 5.41) is 8.20. The number of nitrogens with zero attached hydrogens (tertiary/aromatic N) is 3. The van der Waals surface area contributed by atoms with Crippen LogP contribution in [0.3, 0.4) is 0 Å². The van der Waals surface area contributed by atoms with Crippen LogP contribution in [0.5, 0.6) is 5.75 Å². The SMILES string of the molecule is Cc1cc(NC(=O)Oc2ccccc2)n(-c2ccc3ccccc3n2)n1. The number of benzene rings is 2. The van der Waals surface area contributed by atoms with Gasteiger partial charge in [0.1, 0.15) is 11.6 Å². The molecule has 0 spiro atoms. The Morgan fingerprint density at radius 1 is 1.00 bits per heavy atom. The van der Waals surface area contributed by atoms with Gasteiger partial charge >= 0.3 is 6.09 Å². The highest BCUT2D eigenvalue weighted by molar-refractivity contribution is 5.86. The van der Waals surface area contributed by atoms with E-state index in [9.17, 15) is 4.79 Å². The van der Waals surface area contributed by atoms with E-state index in [1.165, 1.54) is 0 Å². The fourth-order valence-corrected chi connectivity index (χ4v) is 2.66. The number of carbonyl (C=O) groups excluding carboxylic acids is 1. The zero-order valence-electron chi connectivity index (χ0n) is 14.1. The first-order valence-corrected chi connectivity index (χ1v) is 8.16. The third-order valence-corrected chi connectivity index (χ3v) is 3.82. The molecule has 128 valence electrons. The van der Waals surface area contributed by atoms with Gasteiger partial charge in [0, 0.05) is 11.5 Å². The number of amides is 1. The Morgan fingerprint density at radius 3 is 2.62 bits per heavy atom. The van der Waals surface area contributed by atoms with Crippen molar-refractivity contribution in [3.05, 3.63) is 78.5 Å². The molecule has 2 aromatic carbocycles. The van der Waals surface area contributed by atoms with Crippen molar-refractivity contribution in [2.75, 3.05) is 5.32 Å². The predicted molar refractivity (Wildman–Crippen MR) is 99.7 cm³/mol. The molecule has 0 aliphatic carbocycles. The summed E-state index contributed by atoms with van der Waals surface area (Å²) in [6, 6.07) is 22.3. The summed E-state index contributed by atoms with van der Waals surface area (Å²) < 4.78 is 6.87. The molecule has 4 rings (SSSR count). The fourth-order valence-electron chi connectivity index (χ4n) is 2.66. The van der Waals surface area contributed by atoms with Crippen LogP contribution < -0.4 is 10.1 Å². The zero-order chi connectivity index (χ0) is 17.9. The van der Waals surface area contributed by atoms with Crippen molar-refractivity contribution >= 4 is 22.8 Å². The molecule has 0 bridgehead atoms. The molecule has 1 amide bonds. The van der Waals surface area contributed by atoms with Crippen LogP contribution in [0.2, 0.25) is 0 Å². The summed E-state index contributed by atoms with van der Waals surface area (Å²) >= 11 is 0. The zero-order valence-corrected chi connectivity index (χ0v) is 14.1. The van der Waals surface area contributed by atoms with Gasteiger partial charge in [0.05, 0.1) is 11.2 Å². The average Bonchev–Trinajstić information content (AvgIpc) is 3.02. The minimum atomic E-state index is -0.585. The second kappa shape index (κ2) is 6.68. The summed E-state index contributed by atoms with van der Waals surface area (Å²) in [4.78, 5) is 16.8. The molecule has 0 fully saturated rings. The Morgan fingerprint density at radius 2 is 1.77 bits per heavy atom. The molecule has 0 aliphatic rings. The fraction of sp³-hybridized carbons (Fsp3) is 0.0500. The standard InChI is InChI=1S/C20H16N4O2/c1-14-13-19(22-20(25)26-16-8-3-2-4-9-16)24(23-14)18-12-11-15-7-5-6-10-17(15)21-18/h2-13H,1H3,(H,22,25). The number of aryl methyl sites for hydroxylation is 1. The van der Waals surface area contributed by atoms with Crippen molar-refractivity contribution in [1.29, 1.82) is 0 Å². The van der Waals surface area contributed by atoms with Gasteiger partial charge < -0.3 is 4.74 Å². The molecule has 4 aromatic rings. The topological polar surface area (TPSA) is 69.0 Å². The lowest BCUT2D eigenvalue weighted by Crippen LogP contribution is -2.19. The van der Waals surface area contributed by atoms with Crippen LogP contribution in [0.15, 0.2) is 72.8 Å². The summed E-state index contributed by atoms with van der Waals surface area (Å²) in [7, 11) is 0. The summed E-state index contributed by atoms with van der Waals surface area (Å²) in [5.41, 5.74) is 1.62. The van der Waals surface area contributed by atoms with Crippen molar-refractivity contribution in [2.24, 2.45) is 0 Å². The van der Waals surface area contributed by atoms with E-state index in [1.807, 2.05) is 49.4 Å². The second-order valence-electron chi connectivity index (χ2n) is 5.77. The van der Waals surface area contributed by atoms with Crippen LogP contribution in [0, 0.1) is 6.92 Å². The molecular weight excluding hydrogens is 328 g/mol. The monoisotopic (exact) mass is 344 g/mol. The lowest BCUT2D eigenvalue weighted by Gasteiger charge is -2.09. The number of aromatic nitrogens is 3. The third-order valence-electron chi connectivity index (χ3n) is 3.82. The lowest BCUT2D eigenvalue weighted by molar-refractivity contribution is 0.215. The molecule has 2 heterocycles. The molecule has 0 unspecified atom stereocenters. The van der Waals surface area contributed by atoms with Gasteiger partial charge in [0.25, 0.3) is 0 Å². The van der Waals surface area contributed by atoms with Gasteiger partial charge in [0.2, 0.25) is 0 Å². The van der Waals surface area contributed by atoms with Crippen LogP contribution >= 0.6 is 0 Å². The Bertz CT molecular complexity index is 1070. The van der Waals surface area contributed by atoms with Gasteiger partial charge in [0.15, 0.2) is 5.82 Å². The number of hydrogen-bond donors (Lipinski definition) is 1. The van der Waals surface area contributed by atoms with Crippen LogP contribution in [0.1, 0.15) is 5.69 Å². The molecule has 0 atom stereocenters. The highest BCUT2D eigenvalue weighted by Crippen LogP contribution is 2.19. The molecule has 0 saturated heterocycles. The number of carbonyl (C=O) groups is 1. The summed E-state index contributed by atoms with van der Waals surface area (Å²) in [6.45, 7) is 1.85. The van der Waals surface area contributed by atoms with E-state index in [2.05, 4.69) is 15.4 Å². The quantitative estimate of drug-likeness (QED) is 0.600. The Labute approximate surface area is 150 Å². The minimum absolute atomic E-state index is 0.469. The number of nitrogens with one attached hydrogen (secondary N) is 1. The van der Waals surface area contributed by atoms with E-state index in [0.29, 0.717) is 17.4 Å².